The van der Waals surface area contributed by atoms with Crippen LogP contribution in [0, 0.1) is 13.8 Å². The Hall–Kier alpha value is -3.31. The molecule has 0 N–H and O–H groups in total. The van der Waals surface area contributed by atoms with Crippen molar-refractivity contribution in [2.75, 3.05) is 26.4 Å². The number of aryl methyl sites for hydroxylation is 2. The molecule has 0 radical (unpaired) electrons. The zero-order chi connectivity index (χ0) is 27.7. The Labute approximate surface area is 228 Å². The summed E-state index contributed by atoms with van der Waals surface area (Å²) in [6.45, 7) is 5.24. The van der Waals surface area contributed by atoms with E-state index in [0.717, 1.165) is 30.7 Å². The quantitative estimate of drug-likeness (QED) is 0.387. The Morgan fingerprint density at radius 3 is 2.72 bits per heavy atom. The van der Waals surface area contributed by atoms with Gasteiger partial charge in [-0.3, -0.25) is 9.78 Å². The molecule has 1 saturated heterocycles. The van der Waals surface area contributed by atoms with Gasteiger partial charge in [0.05, 0.1) is 41.0 Å². The summed E-state index contributed by atoms with van der Waals surface area (Å²) in [5, 5.41) is 3.76. The van der Waals surface area contributed by atoms with Gasteiger partial charge in [-0.2, -0.15) is 13.2 Å². The van der Waals surface area contributed by atoms with Crippen molar-refractivity contribution in [3.63, 3.8) is 0 Å². The molecule has 1 fully saturated rings. The first-order valence-electron chi connectivity index (χ1n) is 12.6. The fourth-order valence-electron chi connectivity index (χ4n) is 4.72. The lowest BCUT2D eigenvalue weighted by Crippen LogP contribution is -2.33. The second-order valence-corrected chi connectivity index (χ2v) is 10.0. The molecule has 0 saturated carbocycles. The highest BCUT2D eigenvalue weighted by Gasteiger charge is 2.32. The van der Waals surface area contributed by atoms with Gasteiger partial charge in [0.15, 0.2) is 11.5 Å². The van der Waals surface area contributed by atoms with E-state index in [1.54, 1.807) is 30.9 Å². The second kappa shape index (κ2) is 11.1. The Morgan fingerprint density at radius 2 is 2.05 bits per heavy atom. The van der Waals surface area contributed by atoms with Gasteiger partial charge in [-0.1, -0.05) is 16.8 Å². The first-order chi connectivity index (χ1) is 18.6. The van der Waals surface area contributed by atoms with Gasteiger partial charge in [0, 0.05) is 36.0 Å². The minimum absolute atomic E-state index is 0.0732. The molecule has 8 nitrogen and oxygen atoms in total. The highest BCUT2D eigenvalue weighted by molar-refractivity contribution is 6.33. The molecule has 2 aliphatic rings. The Morgan fingerprint density at radius 1 is 1.23 bits per heavy atom. The van der Waals surface area contributed by atoms with Crippen molar-refractivity contribution in [2.45, 2.75) is 51.9 Å². The van der Waals surface area contributed by atoms with Crippen LogP contribution < -0.4 is 9.47 Å². The number of carbonyl (C=O) groups is 1. The van der Waals surface area contributed by atoms with Crippen LogP contribution in [0.4, 0.5) is 13.2 Å². The number of rotatable bonds is 6. The van der Waals surface area contributed by atoms with Crippen LogP contribution in [-0.4, -0.2) is 53.4 Å². The van der Waals surface area contributed by atoms with Gasteiger partial charge in [-0.15, -0.1) is 0 Å². The van der Waals surface area contributed by atoms with Gasteiger partial charge in [-0.05, 0) is 44.9 Å². The molecule has 208 valence electrons. The molecule has 1 amide bonds. The lowest BCUT2D eigenvalue weighted by Gasteiger charge is -2.21. The van der Waals surface area contributed by atoms with E-state index in [0.29, 0.717) is 47.2 Å². The normalized spacial score (nSPS) is 17.5. The van der Waals surface area contributed by atoms with E-state index in [9.17, 15) is 18.0 Å². The maximum atomic E-state index is 13.3. The third-order valence-corrected chi connectivity index (χ3v) is 7.14. The number of alkyl halides is 3. The first-order valence-corrected chi connectivity index (χ1v) is 12.9. The highest BCUT2D eigenvalue weighted by Crippen LogP contribution is 2.41. The van der Waals surface area contributed by atoms with Crippen molar-refractivity contribution in [3.8, 4) is 22.8 Å². The largest absolute Gasteiger partial charge is 0.487 e. The van der Waals surface area contributed by atoms with Crippen molar-refractivity contribution in [2.24, 2.45) is 0 Å². The molecule has 12 heteroatoms. The van der Waals surface area contributed by atoms with Crippen molar-refractivity contribution < 1.29 is 36.7 Å². The summed E-state index contributed by atoms with van der Waals surface area (Å²) < 4.78 is 62.6. The summed E-state index contributed by atoms with van der Waals surface area (Å²) in [4.78, 5) is 18.9. The van der Waals surface area contributed by atoms with Gasteiger partial charge in [0.25, 0.3) is 0 Å². The van der Waals surface area contributed by atoms with Gasteiger partial charge >= 0.3 is 6.18 Å². The number of nitrogens with zero attached hydrogens (tertiary/aromatic N) is 3. The lowest BCUT2D eigenvalue weighted by molar-refractivity contribution is -0.137. The maximum Gasteiger partial charge on any atom is 0.417 e. The molecule has 0 aliphatic carbocycles. The van der Waals surface area contributed by atoms with Crippen LogP contribution >= 0.6 is 11.6 Å². The Balaban J connectivity index is 1.48. The zero-order valence-corrected chi connectivity index (χ0v) is 22.2. The van der Waals surface area contributed by atoms with Gasteiger partial charge in [-0.25, -0.2) is 0 Å². The van der Waals surface area contributed by atoms with Crippen LogP contribution in [0.15, 0.2) is 28.9 Å². The lowest BCUT2D eigenvalue weighted by atomic mass is 10.0. The number of halogens is 4. The van der Waals surface area contributed by atoms with Crippen molar-refractivity contribution in [1.82, 2.24) is 15.0 Å². The number of aromatic nitrogens is 2. The van der Waals surface area contributed by atoms with E-state index in [2.05, 4.69) is 10.1 Å². The molecule has 2 aromatic heterocycles. The van der Waals surface area contributed by atoms with Crippen molar-refractivity contribution >= 4 is 17.5 Å². The third-order valence-electron chi connectivity index (χ3n) is 6.85. The fraction of sp³-hybridized carbons (Fsp3) is 0.444. The number of fused-ring (bicyclic) bond motifs is 1. The molecule has 0 spiro atoms. The van der Waals surface area contributed by atoms with Crippen LogP contribution in [-0.2, 0) is 28.7 Å². The SMILES string of the molecule is Cc1noc(C)c1CC(=O)N1CCOc2c(cc(-c3ncc(C(F)(F)F)cc3Cl)cc2OCC2CCCO2)C1. The number of benzene rings is 1. The predicted molar refractivity (Wildman–Crippen MR) is 135 cm³/mol. The van der Waals surface area contributed by atoms with E-state index >= 15 is 0 Å². The van der Waals surface area contributed by atoms with E-state index in [1.165, 1.54) is 0 Å². The third kappa shape index (κ3) is 5.99. The molecule has 3 aromatic rings. The number of carbonyl (C=O) groups excluding carboxylic acids is 1. The molecular formula is C27H27ClF3N3O5. The molecule has 4 heterocycles. The molecule has 2 aliphatic heterocycles. The maximum absolute atomic E-state index is 13.3. The highest BCUT2D eigenvalue weighted by atomic mass is 35.5. The van der Waals surface area contributed by atoms with Gasteiger partial charge in [0.1, 0.15) is 19.0 Å². The summed E-state index contributed by atoms with van der Waals surface area (Å²) in [7, 11) is 0. The molecule has 1 aromatic carbocycles. The van der Waals surface area contributed by atoms with E-state index < -0.39 is 11.7 Å². The Kier molecular flexibility index (Phi) is 7.73. The number of amides is 1. The van der Waals surface area contributed by atoms with Crippen LogP contribution in [0.5, 0.6) is 11.5 Å². The first kappa shape index (κ1) is 27.3. The number of pyridine rings is 1. The van der Waals surface area contributed by atoms with Crippen LogP contribution in [0.25, 0.3) is 11.3 Å². The predicted octanol–water partition coefficient (Wildman–Crippen LogP) is 5.55. The van der Waals surface area contributed by atoms with E-state index in [4.69, 9.17) is 30.3 Å². The summed E-state index contributed by atoms with van der Waals surface area (Å²) >= 11 is 6.27. The summed E-state index contributed by atoms with van der Waals surface area (Å²) in [6.07, 6.45) is -1.99. The average Bonchev–Trinajstić information content (AvgIpc) is 3.45. The van der Waals surface area contributed by atoms with E-state index in [-0.39, 0.29) is 48.9 Å². The Bertz CT molecular complexity index is 1350. The second-order valence-electron chi connectivity index (χ2n) is 9.60. The van der Waals surface area contributed by atoms with Crippen LogP contribution in [0.1, 0.15) is 41.0 Å². The van der Waals surface area contributed by atoms with Crippen LogP contribution in [0.3, 0.4) is 0 Å². The smallest absolute Gasteiger partial charge is 0.417 e. The van der Waals surface area contributed by atoms with Crippen molar-refractivity contribution in [1.29, 1.82) is 0 Å². The molecule has 39 heavy (non-hydrogen) atoms. The summed E-state index contributed by atoms with van der Waals surface area (Å²) in [5.41, 5.74) is 1.67. The standard InChI is InChI=1S/C27H27ClF3N3O5/c1-15-21(16(2)39-33-15)11-24(35)34-5-7-37-26-18(13-34)8-17(9-23(26)38-14-20-4-3-6-36-20)25-22(28)10-19(12-32-25)27(29,30)31/h8-10,12,20H,3-7,11,13-14H2,1-2H3. The molecular weight excluding hydrogens is 539 g/mol. The molecule has 0 bridgehead atoms. The average molecular weight is 566 g/mol. The molecule has 5 rings (SSSR count). The minimum atomic E-state index is -4.57. The van der Waals surface area contributed by atoms with E-state index in [1.807, 2.05) is 0 Å². The van der Waals surface area contributed by atoms with Crippen LogP contribution in [0.2, 0.25) is 5.02 Å². The topological polar surface area (TPSA) is 86.9 Å². The number of hydrogen-bond donors (Lipinski definition) is 0. The van der Waals surface area contributed by atoms with Gasteiger partial charge in [0.2, 0.25) is 5.91 Å². The minimum Gasteiger partial charge on any atom is -0.487 e. The monoisotopic (exact) mass is 565 g/mol. The zero-order valence-electron chi connectivity index (χ0n) is 21.4. The summed E-state index contributed by atoms with van der Waals surface area (Å²) in [6, 6.07) is 4.21. The van der Waals surface area contributed by atoms with Gasteiger partial charge < -0.3 is 23.6 Å². The number of ether oxygens (including phenoxy) is 3. The summed E-state index contributed by atoms with van der Waals surface area (Å²) in [5.74, 6) is 1.30. The molecule has 1 atom stereocenters. The fourth-order valence-corrected chi connectivity index (χ4v) is 5.00. The molecule has 1 unspecified atom stereocenters. The number of hydrogen-bond acceptors (Lipinski definition) is 7. The van der Waals surface area contributed by atoms with Crippen molar-refractivity contribution in [3.05, 3.63) is 57.6 Å².